The Morgan fingerprint density at radius 1 is 0.895 bits per heavy atom. The second-order valence-electron chi connectivity index (χ2n) is 4.27. The van der Waals surface area contributed by atoms with Gasteiger partial charge in [-0.25, -0.2) is 4.79 Å². The van der Waals surface area contributed by atoms with Gasteiger partial charge in [0.05, 0.1) is 0 Å². The molecule has 0 bridgehead atoms. The summed E-state index contributed by atoms with van der Waals surface area (Å²) >= 11 is 0. The first-order chi connectivity index (χ1) is 9.25. The van der Waals surface area contributed by atoms with Crippen LogP contribution in [0, 0.1) is 0 Å². The van der Waals surface area contributed by atoms with Crippen LogP contribution in [0.3, 0.4) is 0 Å². The van der Waals surface area contributed by atoms with Crippen LogP contribution < -0.4 is 9.47 Å². The Labute approximate surface area is 110 Å². The predicted octanol–water partition coefficient (Wildman–Crippen LogP) is 2.65. The molecule has 19 heavy (non-hydrogen) atoms. The van der Waals surface area contributed by atoms with E-state index in [-0.39, 0.29) is 0 Å². The number of benzene rings is 2. The molecule has 2 atom stereocenters. The summed E-state index contributed by atoms with van der Waals surface area (Å²) in [5.41, 5.74) is 0.782. The van der Waals surface area contributed by atoms with Gasteiger partial charge in [-0.3, -0.25) is 0 Å². The Morgan fingerprint density at radius 2 is 1.47 bits per heavy atom. The van der Waals surface area contributed by atoms with Crippen molar-refractivity contribution >= 4 is 5.97 Å². The van der Waals surface area contributed by atoms with E-state index >= 15 is 0 Å². The molecule has 0 saturated carbocycles. The van der Waals surface area contributed by atoms with E-state index in [0.717, 1.165) is 5.56 Å². The molecule has 1 N–H and O–H groups in total. The lowest BCUT2D eigenvalue weighted by Gasteiger charge is -2.31. The summed E-state index contributed by atoms with van der Waals surface area (Å²) in [6.45, 7) is 0. The summed E-state index contributed by atoms with van der Waals surface area (Å²) in [7, 11) is 0. The van der Waals surface area contributed by atoms with Gasteiger partial charge in [-0.1, -0.05) is 42.5 Å². The molecule has 3 rings (SSSR count). The minimum atomic E-state index is -1.04. The number of fused-ring (bicyclic) bond motifs is 1. The van der Waals surface area contributed by atoms with Crippen LogP contribution in [0.15, 0.2) is 54.6 Å². The third kappa shape index (κ3) is 2.12. The maximum atomic E-state index is 11.3. The first-order valence-corrected chi connectivity index (χ1v) is 5.96. The maximum absolute atomic E-state index is 11.3. The van der Waals surface area contributed by atoms with Crippen molar-refractivity contribution in [2.24, 2.45) is 0 Å². The topological polar surface area (TPSA) is 55.8 Å². The molecule has 1 heterocycles. The highest BCUT2D eigenvalue weighted by Gasteiger charge is 2.37. The first kappa shape index (κ1) is 11.6. The molecular weight excluding hydrogens is 244 g/mol. The second-order valence-corrected chi connectivity index (χ2v) is 4.27. The van der Waals surface area contributed by atoms with Crippen molar-refractivity contribution in [1.29, 1.82) is 0 Å². The maximum Gasteiger partial charge on any atom is 0.349 e. The predicted molar refractivity (Wildman–Crippen MR) is 68.3 cm³/mol. The number of hydrogen-bond donors (Lipinski definition) is 1. The Bertz CT molecular complexity index is 594. The van der Waals surface area contributed by atoms with Gasteiger partial charge >= 0.3 is 5.97 Å². The number of aliphatic carboxylic acids is 1. The number of carboxylic acids is 1. The number of hydrogen-bond acceptors (Lipinski definition) is 3. The van der Waals surface area contributed by atoms with Crippen LogP contribution in [-0.4, -0.2) is 17.2 Å². The van der Waals surface area contributed by atoms with Gasteiger partial charge in [0.2, 0.25) is 6.10 Å². The average Bonchev–Trinajstić information content (AvgIpc) is 2.46. The van der Waals surface area contributed by atoms with Gasteiger partial charge in [-0.2, -0.15) is 0 Å². The normalized spacial score (nSPS) is 20.8. The van der Waals surface area contributed by atoms with Crippen molar-refractivity contribution in [1.82, 2.24) is 0 Å². The van der Waals surface area contributed by atoms with Crippen molar-refractivity contribution in [2.45, 2.75) is 12.2 Å². The lowest BCUT2D eigenvalue weighted by molar-refractivity contribution is -0.151. The van der Waals surface area contributed by atoms with E-state index in [1.807, 2.05) is 36.4 Å². The van der Waals surface area contributed by atoms with E-state index in [0.29, 0.717) is 11.5 Å². The molecule has 1 aliphatic rings. The van der Waals surface area contributed by atoms with Crippen molar-refractivity contribution in [3.63, 3.8) is 0 Å². The lowest BCUT2D eigenvalue weighted by atomic mass is 10.0. The highest BCUT2D eigenvalue weighted by molar-refractivity contribution is 5.74. The van der Waals surface area contributed by atoms with E-state index in [2.05, 4.69) is 0 Å². The zero-order valence-electron chi connectivity index (χ0n) is 10.0. The van der Waals surface area contributed by atoms with E-state index in [1.54, 1.807) is 18.2 Å². The van der Waals surface area contributed by atoms with Gasteiger partial charge in [-0.05, 0) is 17.7 Å². The third-order valence-corrected chi connectivity index (χ3v) is 3.00. The van der Waals surface area contributed by atoms with E-state index in [4.69, 9.17) is 9.47 Å². The fourth-order valence-electron chi connectivity index (χ4n) is 2.11. The Balaban J connectivity index is 2.01. The van der Waals surface area contributed by atoms with Crippen molar-refractivity contribution < 1.29 is 19.4 Å². The molecule has 96 valence electrons. The van der Waals surface area contributed by atoms with E-state index < -0.39 is 18.2 Å². The smallest absolute Gasteiger partial charge is 0.349 e. The van der Waals surface area contributed by atoms with Crippen LogP contribution in [0.5, 0.6) is 11.5 Å². The van der Waals surface area contributed by atoms with Crippen LogP contribution in [0.2, 0.25) is 0 Å². The van der Waals surface area contributed by atoms with Gasteiger partial charge in [0.25, 0.3) is 0 Å². The molecule has 0 unspecified atom stereocenters. The monoisotopic (exact) mass is 256 g/mol. The zero-order valence-corrected chi connectivity index (χ0v) is 10.0. The molecule has 0 saturated heterocycles. The number of para-hydroxylation sites is 2. The Kier molecular flexibility index (Phi) is 2.83. The highest BCUT2D eigenvalue weighted by atomic mass is 16.6. The fourth-order valence-corrected chi connectivity index (χ4v) is 2.11. The SMILES string of the molecule is O=C(O)[C@H]1Oc2ccccc2O[C@H]1c1ccccc1. The quantitative estimate of drug-likeness (QED) is 0.897. The van der Waals surface area contributed by atoms with Crippen molar-refractivity contribution in [3.8, 4) is 11.5 Å². The van der Waals surface area contributed by atoms with Crippen LogP contribution in [-0.2, 0) is 4.79 Å². The molecule has 4 nitrogen and oxygen atoms in total. The summed E-state index contributed by atoms with van der Waals surface area (Å²) in [6, 6.07) is 16.3. The van der Waals surface area contributed by atoms with E-state index in [1.165, 1.54) is 0 Å². The first-order valence-electron chi connectivity index (χ1n) is 5.96. The van der Waals surface area contributed by atoms with Crippen LogP contribution in [0.25, 0.3) is 0 Å². The van der Waals surface area contributed by atoms with Crippen molar-refractivity contribution in [3.05, 3.63) is 60.2 Å². The standard InChI is InChI=1S/C15H12O4/c16-15(17)14-13(10-6-2-1-3-7-10)18-11-8-4-5-9-12(11)19-14/h1-9,13-14H,(H,16,17)/t13-,14-/m0/s1. The minimum absolute atomic E-state index is 0.460. The number of ether oxygens (including phenoxy) is 2. The second kappa shape index (κ2) is 4.65. The molecule has 2 aromatic carbocycles. The summed E-state index contributed by atoms with van der Waals surface area (Å²) in [5.74, 6) is -0.0145. The Hall–Kier alpha value is -2.49. The average molecular weight is 256 g/mol. The summed E-state index contributed by atoms with van der Waals surface area (Å²) in [5, 5.41) is 9.29. The van der Waals surface area contributed by atoms with Crippen molar-refractivity contribution in [2.75, 3.05) is 0 Å². The number of carbonyl (C=O) groups is 1. The van der Waals surface area contributed by atoms with Crippen LogP contribution in [0.4, 0.5) is 0 Å². The summed E-state index contributed by atoms with van der Waals surface area (Å²) < 4.78 is 11.3. The van der Waals surface area contributed by atoms with Crippen LogP contribution in [0.1, 0.15) is 11.7 Å². The van der Waals surface area contributed by atoms with Gasteiger partial charge in [0, 0.05) is 0 Å². The van der Waals surface area contributed by atoms with Gasteiger partial charge < -0.3 is 14.6 Å². The molecule has 0 fully saturated rings. The molecule has 1 aliphatic heterocycles. The third-order valence-electron chi connectivity index (χ3n) is 3.00. The molecule has 0 aromatic heterocycles. The summed E-state index contributed by atoms with van der Waals surface area (Å²) in [6.07, 6.45) is -1.69. The molecule has 4 heteroatoms. The minimum Gasteiger partial charge on any atom is -0.478 e. The summed E-state index contributed by atoms with van der Waals surface area (Å²) in [4.78, 5) is 11.3. The van der Waals surface area contributed by atoms with E-state index in [9.17, 15) is 9.90 Å². The molecule has 0 aliphatic carbocycles. The molecule has 0 amide bonds. The molecular formula is C15H12O4. The fraction of sp³-hybridized carbons (Fsp3) is 0.133. The van der Waals surface area contributed by atoms with Gasteiger partial charge in [0.15, 0.2) is 17.6 Å². The number of carboxylic acid groups (broad SMARTS) is 1. The molecule has 0 spiro atoms. The molecule has 2 aromatic rings. The number of rotatable bonds is 2. The lowest BCUT2D eigenvalue weighted by Crippen LogP contribution is -2.39. The largest absolute Gasteiger partial charge is 0.478 e. The van der Waals surface area contributed by atoms with Gasteiger partial charge in [-0.15, -0.1) is 0 Å². The van der Waals surface area contributed by atoms with Crippen LogP contribution >= 0.6 is 0 Å². The Morgan fingerprint density at radius 3 is 2.11 bits per heavy atom. The van der Waals surface area contributed by atoms with Gasteiger partial charge in [0.1, 0.15) is 0 Å². The highest BCUT2D eigenvalue weighted by Crippen LogP contribution is 2.39. The zero-order chi connectivity index (χ0) is 13.2. The molecule has 0 radical (unpaired) electrons.